The van der Waals surface area contributed by atoms with Gasteiger partial charge in [0.1, 0.15) is 23.8 Å². The molecule has 0 saturated heterocycles. The molecule has 0 unspecified atom stereocenters. The molecule has 2 amide bonds. The summed E-state index contributed by atoms with van der Waals surface area (Å²) in [6.45, 7) is 17.9. The zero-order valence-corrected chi connectivity index (χ0v) is 23.8. The molecule has 2 aromatic rings. The molecule has 8 heteroatoms. The molecule has 0 heterocycles. The van der Waals surface area contributed by atoms with E-state index in [2.05, 4.69) is 34.4 Å². The lowest BCUT2D eigenvalue weighted by molar-refractivity contribution is -0.127. The van der Waals surface area contributed by atoms with E-state index in [4.69, 9.17) is 4.74 Å². The van der Waals surface area contributed by atoms with Gasteiger partial charge in [0, 0.05) is 29.2 Å². The summed E-state index contributed by atoms with van der Waals surface area (Å²) in [5, 5.41) is 9.26. The van der Waals surface area contributed by atoms with Gasteiger partial charge >= 0.3 is 0 Å². The molecular weight excluding hydrogens is 483 g/mol. The molecule has 3 N–H and O–H groups in total. The number of hydrogen-bond acceptors (Lipinski definition) is 5. The number of rotatable bonds is 11. The van der Waals surface area contributed by atoms with Crippen molar-refractivity contribution in [3.8, 4) is 5.75 Å². The van der Waals surface area contributed by atoms with Gasteiger partial charge in [-0.25, -0.2) is 9.38 Å². The van der Waals surface area contributed by atoms with Gasteiger partial charge in [0.05, 0.1) is 11.8 Å². The van der Waals surface area contributed by atoms with Gasteiger partial charge in [0.25, 0.3) is 0 Å². The first-order valence-corrected chi connectivity index (χ1v) is 13.1. The average molecular weight is 527 g/mol. The maximum absolute atomic E-state index is 15.0. The van der Waals surface area contributed by atoms with Crippen LogP contribution >= 0.6 is 0 Å². The summed E-state index contributed by atoms with van der Waals surface area (Å²) in [4.78, 5) is 28.4. The number of amides is 2. The van der Waals surface area contributed by atoms with Crippen LogP contribution in [0.15, 0.2) is 41.4 Å². The van der Waals surface area contributed by atoms with Crippen molar-refractivity contribution in [2.24, 2.45) is 4.99 Å². The highest BCUT2D eigenvalue weighted by molar-refractivity contribution is 6.03. The smallest absolute Gasteiger partial charge is 0.233 e. The first kappa shape index (κ1) is 32.3. The van der Waals surface area contributed by atoms with Crippen LogP contribution < -0.4 is 31.1 Å². The number of carbonyl (C=O) groups is 2. The number of carbonyl (C=O) groups excluding carboxylic acids is 2. The van der Waals surface area contributed by atoms with E-state index in [0.717, 1.165) is 19.3 Å². The molecule has 0 aliphatic rings. The van der Waals surface area contributed by atoms with Crippen LogP contribution in [0.4, 0.5) is 15.8 Å². The van der Waals surface area contributed by atoms with E-state index in [0.29, 0.717) is 34.8 Å². The van der Waals surface area contributed by atoms with Crippen molar-refractivity contribution in [2.75, 3.05) is 17.2 Å². The quantitative estimate of drug-likeness (QED) is 0.209. The van der Waals surface area contributed by atoms with E-state index in [1.165, 1.54) is 6.07 Å². The molecule has 0 bridgehead atoms. The predicted molar refractivity (Wildman–Crippen MR) is 156 cm³/mol. The van der Waals surface area contributed by atoms with Gasteiger partial charge in [-0.15, -0.1) is 0 Å². The Hall–Kier alpha value is -3.68. The third-order valence-electron chi connectivity index (χ3n) is 4.92. The molecule has 7 nitrogen and oxygen atoms in total. The molecule has 0 aliphatic heterocycles. The second kappa shape index (κ2) is 16.2. The topological polar surface area (TPSA) is 91.8 Å². The SMILES string of the molecule is C=c1cc(OCCCCC)cc(F)/c1=C(/N=C\C)Nc1ccc(NC(=O)CC(=O)NC(C)(C)C)cc1.CC. The van der Waals surface area contributed by atoms with Crippen molar-refractivity contribution in [2.45, 2.75) is 79.7 Å². The number of halogens is 1. The molecule has 208 valence electrons. The van der Waals surface area contributed by atoms with E-state index in [-0.39, 0.29) is 17.5 Å². The number of anilines is 2. The fourth-order valence-electron chi connectivity index (χ4n) is 3.40. The van der Waals surface area contributed by atoms with Crippen LogP contribution in [0.5, 0.6) is 5.75 Å². The van der Waals surface area contributed by atoms with E-state index < -0.39 is 17.3 Å². The zero-order valence-electron chi connectivity index (χ0n) is 23.8. The Labute approximate surface area is 226 Å². The van der Waals surface area contributed by atoms with Gasteiger partial charge < -0.3 is 20.7 Å². The molecule has 0 fully saturated rings. The fourth-order valence-corrected chi connectivity index (χ4v) is 3.40. The maximum Gasteiger partial charge on any atom is 0.233 e. The van der Waals surface area contributed by atoms with E-state index in [9.17, 15) is 9.59 Å². The minimum Gasteiger partial charge on any atom is -0.493 e. The van der Waals surface area contributed by atoms with Gasteiger partial charge in [0.15, 0.2) is 0 Å². The Morgan fingerprint density at radius 3 is 2.16 bits per heavy atom. The second-order valence-electron chi connectivity index (χ2n) is 9.46. The molecule has 0 atom stereocenters. The number of unbranched alkanes of at least 4 members (excludes halogenated alkanes) is 2. The monoisotopic (exact) mass is 526 g/mol. The lowest BCUT2D eigenvalue weighted by atomic mass is 10.1. The van der Waals surface area contributed by atoms with Crippen LogP contribution in [0.1, 0.15) is 74.1 Å². The second-order valence-corrected chi connectivity index (χ2v) is 9.46. The highest BCUT2D eigenvalue weighted by Gasteiger charge is 2.16. The Bertz CT molecular complexity index is 1190. The highest BCUT2D eigenvalue weighted by Crippen LogP contribution is 2.17. The predicted octanol–water partition coefficient (Wildman–Crippen LogP) is 5.34. The van der Waals surface area contributed by atoms with Gasteiger partial charge in [-0.1, -0.05) is 40.2 Å². The molecule has 0 radical (unpaired) electrons. The Morgan fingerprint density at radius 1 is 1.03 bits per heavy atom. The summed E-state index contributed by atoms with van der Waals surface area (Å²) in [6.07, 6.45) is 4.34. The van der Waals surface area contributed by atoms with E-state index >= 15 is 4.39 Å². The van der Waals surface area contributed by atoms with Crippen molar-refractivity contribution in [1.82, 2.24) is 5.32 Å². The molecule has 0 spiro atoms. The molecule has 0 aliphatic carbocycles. The van der Waals surface area contributed by atoms with Crippen LogP contribution in [0.25, 0.3) is 12.4 Å². The number of nitrogens with one attached hydrogen (secondary N) is 3. The van der Waals surface area contributed by atoms with E-state index in [1.54, 1.807) is 43.5 Å². The first-order chi connectivity index (χ1) is 18.0. The van der Waals surface area contributed by atoms with Crippen LogP contribution in [-0.2, 0) is 9.59 Å². The molecule has 38 heavy (non-hydrogen) atoms. The number of nitrogens with zero attached hydrogens (tertiary/aromatic N) is 1. The fraction of sp³-hybridized carbons (Fsp3) is 0.433. The molecule has 0 saturated carbocycles. The van der Waals surface area contributed by atoms with Gasteiger partial charge in [-0.05, 0) is 69.7 Å². The summed E-state index contributed by atoms with van der Waals surface area (Å²) in [7, 11) is 0. The third-order valence-corrected chi connectivity index (χ3v) is 4.92. The normalized spacial score (nSPS) is 11.8. The molecular formula is C30H43FN4O3. The summed E-state index contributed by atoms with van der Waals surface area (Å²) in [6, 6.07) is 9.86. The highest BCUT2D eigenvalue weighted by atomic mass is 19.1. The number of hydrogen-bond donors (Lipinski definition) is 3. The molecule has 2 rings (SSSR count). The summed E-state index contributed by atoms with van der Waals surface area (Å²) < 4.78 is 20.7. The lowest BCUT2D eigenvalue weighted by Crippen LogP contribution is -2.41. The van der Waals surface area contributed by atoms with Crippen LogP contribution in [0.3, 0.4) is 0 Å². The molecule has 2 aromatic carbocycles. The number of aliphatic imine (C=N–C) groups is 1. The minimum atomic E-state index is -0.487. The van der Waals surface area contributed by atoms with Crippen molar-refractivity contribution in [3.63, 3.8) is 0 Å². The Kier molecular flexibility index (Phi) is 13.8. The van der Waals surface area contributed by atoms with Crippen molar-refractivity contribution in [1.29, 1.82) is 0 Å². The first-order valence-electron chi connectivity index (χ1n) is 13.1. The summed E-state index contributed by atoms with van der Waals surface area (Å²) >= 11 is 0. The standard InChI is InChI=1S/C28H37FN4O3.C2H6/c1-7-9-10-15-36-22-16-19(3)26(23(29)17-22)27(30-8-2)32-21-13-11-20(12-14-21)31-24(34)18-25(35)33-28(4,5)6;1-2/h8,11-14,16-17,32H,3,7,9-10,15,18H2,1-2,4-6H3,(H,31,34)(H,33,35);1-2H3/b27-26-,30-8-;. The van der Waals surface area contributed by atoms with Crippen LogP contribution in [0.2, 0.25) is 0 Å². The Morgan fingerprint density at radius 2 is 1.63 bits per heavy atom. The van der Waals surface area contributed by atoms with Gasteiger partial charge in [0.2, 0.25) is 11.8 Å². The number of benzene rings is 2. The van der Waals surface area contributed by atoms with Crippen molar-refractivity contribution in [3.05, 3.63) is 52.7 Å². The van der Waals surface area contributed by atoms with Crippen molar-refractivity contribution < 1.29 is 18.7 Å². The Balaban J connectivity index is 0.00000352. The zero-order chi connectivity index (χ0) is 28.7. The summed E-state index contributed by atoms with van der Waals surface area (Å²) in [5.74, 6) is -0.514. The van der Waals surface area contributed by atoms with Crippen LogP contribution in [-0.4, -0.2) is 30.2 Å². The van der Waals surface area contributed by atoms with Crippen molar-refractivity contribution >= 4 is 41.8 Å². The molecule has 0 aromatic heterocycles. The number of ether oxygens (including phenoxy) is 1. The van der Waals surface area contributed by atoms with Gasteiger partial charge in [-0.2, -0.15) is 0 Å². The van der Waals surface area contributed by atoms with E-state index in [1.807, 2.05) is 34.6 Å². The lowest BCUT2D eigenvalue weighted by Gasteiger charge is -2.20. The maximum atomic E-state index is 15.0. The summed E-state index contributed by atoms with van der Waals surface area (Å²) in [5.41, 5.74) is 0.760. The van der Waals surface area contributed by atoms with Gasteiger partial charge in [-0.3, -0.25) is 9.59 Å². The average Bonchev–Trinajstić information content (AvgIpc) is 2.82. The third kappa shape index (κ3) is 11.6. The van der Waals surface area contributed by atoms with Crippen LogP contribution in [0, 0.1) is 5.82 Å². The largest absolute Gasteiger partial charge is 0.493 e. The minimum absolute atomic E-state index is 0.247.